The Labute approximate surface area is 156 Å². The number of carbonyl (C=O) groups excluding carboxylic acids is 3. The van der Waals surface area contributed by atoms with Gasteiger partial charge in [0.25, 0.3) is 0 Å². The molecule has 2 aromatic rings. The van der Waals surface area contributed by atoms with E-state index in [0.717, 1.165) is 4.47 Å². The third-order valence-electron chi connectivity index (χ3n) is 3.21. The van der Waals surface area contributed by atoms with Crippen LogP contribution in [0.5, 0.6) is 0 Å². The van der Waals surface area contributed by atoms with Crippen molar-refractivity contribution in [3.63, 3.8) is 0 Å². The molecule has 126 valence electrons. The van der Waals surface area contributed by atoms with E-state index in [1.165, 1.54) is 18.3 Å². The summed E-state index contributed by atoms with van der Waals surface area (Å²) in [5.74, 6) is -1.04. The van der Waals surface area contributed by atoms with E-state index >= 15 is 0 Å². The van der Waals surface area contributed by atoms with Crippen LogP contribution in [0.15, 0.2) is 40.9 Å². The summed E-state index contributed by atoms with van der Waals surface area (Å²) in [4.78, 5) is 36.4. The maximum Gasteiger partial charge on any atom is 0.306 e. The minimum absolute atomic E-state index is 0.0227. The van der Waals surface area contributed by atoms with Gasteiger partial charge < -0.3 is 4.74 Å². The zero-order valence-corrected chi connectivity index (χ0v) is 15.9. The zero-order chi connectivity index (χ0) is 17.7. The Bertz CT molecular complexity index is 754. The van der Waals surface area contributed by atoms with Crippen LogP contribution in [-0.4, -0.2) is 23.6 Å². The van der Waals surface area contributed by atoms with Gasteiger partial charge >= 0.3 is 5.97 Å². The monoisotopic (exact) mass is 428 g/mol. The Hall–Kier alpha value is -1.50. The van der Waals surface area contributed by atoms with Crippen molar-refractivity contribution in [3.05, 3.63) is 55.6 Å². The largest absolute Gasteiger partial charge is 0.454 e. The van der Waals surface area contributed by atoms with Gasteiger partial charge in [-0.15, -0.1) is 11.3 Å². The predicted octanol–water partition coefficient (Wildman–Crippen LogP) is 4.94. The van der Waals surface area contributed by atoms with Crippen LogP contribution in [0.1, 0.15) is 39.8 Å². The first-order chi connectivity index (χ1) is 11.4. The number of rotatable bonds is 7. The van der Waals surface area contributed by atoms with E-state index in [2.05, 4.69) is 15.9 Å². The highest BCUT2D eigenvalue weighted by Gasteiger charge is 2.20. The second-order valence-electron chi connectivity index (χ2n) is 5.03. The van der Waals surface area contributed by atoms with E-state index in [1.54, 1.807) is 36.4 Å². The summed E-state index contributed by atoms with van der Waals surface area (Å²) >= 11 is 10.2. The van der Waals surface area contributed by atoms with Gasteiger partial charge in [0.1, 0.15) is 0 Å². The lowest BCUT2D eigenvalue weighted by molar-refractivity contribution is -0.146. The number of Topliss-reactive ketones (excluding diaryl/α,β-unsaturated/α-hetero) is 2. The van der Waals surface area contributed by atoms with E-state index in [0.29, 0.717) is 14.8 Å². The maximum absolute atomic E-state index is 12.2. The number of esters is 1. The van der Waals surface area contributed by atoms with Crippen molar-refractivity contribution in [1.29, 1.82) is 0 Å². The second kappa shape index (κ2) is 8.55. The molecular weight excluding hydrogens is 416 g/mol. The van der Waals surface area contributed by atoms with Crippen LogP contribution in [0.25, 0.3) is 0 Å². The van der Waals surface area contributed by atoms with Crippen LogP contribution in [0.2, 0.25) is 4.34 Å². The van der Waals surface area contributed by atoms with Crippen molar-refractivity contribution in [2.24, 2.45) is 0 Å². The molecule has 1 heterocycles. The third kappa shape index (κ3) is 5.26. The Kier molecular flexibility index (Phi) is 6.71. The SMILES string of the molecule is CC(OC(=O)CCC(=O)c1ccc(Cl)s1)C(=O)c1ccc(Br)cc1. The fourth-order valence-electron chi connectivity index (χ4n) is 1.96. The third-order valence-corrected chi connectivity index (χ3v) is 5.01. The number of hydrogen-bond acceptors (Lipinski definition) is 5. The fourth-order valence-corrected chi connectivity index (χ4v) is 3.24. The van der Waals surface area contributed by atoms with Crippen molar-refractivity contribution >= 4 is 56.4 Å². The Morgan fingerprint density at radius 2 is 1.79 bits per heavy atom. The molecule has 1 atom stereocenters. The smallest absolute Gasteiger partial charge is 0.306 e. The lowest BCUT2D eigenvalue weighted by Crippen LogP contribution is -2.24. The summed E-state index contributed by atoms with van der Waals surface area (Å²) in [7, 11) is 0. The number of ketones is 2. The first-order valence-electron chi connectivity index (χ1n) is 7.14. The molecule has 0 bridgehead atoms. The molecule has 0 amide bonds. The molecule has 0 aliphatic heterocycles. The number of hydrogen-bond donors (Lipinski definition) is 0. The lowest BCUT2D eigenvalue weighted by atomic mass is 10.1. The molecule has 0 saturated heterocycles. The van der Waals surface area contributed by atoms with Crippen LogP contribution in [0.4, 0.5) is 0 Å². The maximum atomic E-state index is 12.2. The first-order valence-corrected chi connectivity index (χ1v) is 9.13. The second-order valence-corrected chi connectivity index (χ2v) is 7.66. The minimum atomic E-state index is -0.898. The van der Waals surface area contributed by atoms with E-state index in [4.69, 9.17) is 16.3 Å². The number of thiophene rings is 1. The van der Waals surface area contributed by atoms with Crippen LogP contribution in [-0.2, 0) is 9.53 Å². The van der Waals surface area contributed by atoms with Crippen molar-refractivity contribution in [2.45, 2.75) is 25.9 Å². The quantitative estimate of drug-likeness (QED) is 0.462. The lowest BCUT2D eigenvalue weighted by Gasteiger charge is -2.12. The van der Waals surface area contributed by atoms with Crippen molar-refractivity contribution in [2.75, 3.05) is 0 Å². The number of benzene rings is 1. The van der Waals surface area contributed by atoms with E-state index in [-0.39, 0.29) is 24.4 Å². The van der Waals surface area contributed by atoms with E-state index in [1.807, 2.05) is 0 Å². The van der Waals surface area contributed by atoms with Gasteiger partial charge in [0.05, 0.1) is 15.6 Å². The highest BCUT2D eigenvalue weighted by molar-refractivity contribution is 9.10. The van der Waals surface area contributed by atoms with Gasteiger partial charge in [-0.05, 0) is 31.2 Å². The molecule has 2 rings (SSSR count). The molecular formula is C17H14BrClO4S. The van der Waals surface area contributed by atoms with Crippen molar-refractivity contribution in [3.8, 4) is 0 Å². The van der Waals surface area contributed by atoms with Gasteiger partial charge in [-0.1, -0.05) is 39.7 Å². The average molecular weight is 430 g/mol. The fraction of sp³-hybridized carbons (Fsp3) is 0.235. The standard InChI is InChI=1S/C17H14BrClO4S/c1-10(17(22)11-2-4-12(18)5-3-11)23-16(21)9-6-13(20)14-7-8-15(19)24-14/h2-5,7-8,10H,6,9H2,1H3. The van der Waals surface area contributed by atoms with E-state index in [9.17, 15) is 14.4 Å². The van der Waals surface area contributed by atoms with Crippen molar-refractivity contribution < 1.29 is 19.1 Å². The number of halogens is 2. The van der Waals surface area contributed by atoms with Gasteiger partial charge in [-0.2, -0.15) is 0 Å². The molecule has 1 aromatic heterocycles. The highest BCUT2D eigenvalue weighted by Crippen LogP contribution is 2.23. The van der Waals surface area contributed by atoms with Crippen molar-refractivity contribution in [1.82, 2.24) is 0 Å². The first kappa shape index (κ1) is 18.8. The highest BCUT2D eigenvalue weighted by atomic mass is 79.9. The Balaban J connectivity index is 1.84. The molecule has 0 spiro atoms. The molecule has 0 aliphatic rings. The summed E-state index contributed by atoms with van der Waals surface area (Å²) in [5, 5.41) is 0. The van der Waals surface area contributed by atoms with Gasteiger partial charge in [0, 0.05) is 16.5 Å². The molecule has 0 fully saturated rings. The van der Waals surface area contributed by atoms with Crippen LogP contribution in [0.3, 0.4) is 0 Å². The number of ether oxygens (including phenoxy) is 1. The molecule has 0 aliphatic carbocycles. The number of carbonyl (C=O) groups is 3. The molecule has 1 aromatic carbocycles. The topological polar surface area (TPSA) is 60.4 Å². The van der Waals surface area contributed by atoms with Gasteiger partial charge in [0.15, 0.2) is 11.9 Å². The molecule has 4 nitrogen and oxygen atoms in total. The summed E-state index contributed by atoms with van der Waals surface area (Å²) < 4.78 is 6.49. The zero-order valence-electron chi connectivity index (χ0n) is 12.8. The van der Waals surface area contributed by atoms with Gasteiger partial charge in [0.2, 0.25) is 5.78 Å². The summed E-state index contributed by atoms with van der Waals surface area (Å²) in [5.41, 5.74) is 0.461. The minimum Gasteiger partial charge on any atom is -0.454 e. The Morgan fingerprint density at radius 1 is 1.12 bits per heavy atom. The van der Waals surface area contributed by atoms with Crippen LogP contribution >= 0.6 is 38.9 Å². The normalized spacial score (nSPS) is 11.8. The average Bonchev–Trinajstić information content (AvgIpc) is 2.99. The molecule has 24 heavy (non-hydrogen) atoms. The van der Waals surface area contributed by atoms with Gasteiger partial charge in [-0.25, -0.2) is 0 Å². The Morgan fingerprint density at radius 3 is 2.38 bits per heavy atom. The summed E-state index contributed by atoms with van der Waals surface area (Å²) in [6.07, 6.45) is -0.953. The molecule has 7 heteroatoms. The van der Waals surface area contributed by atoms with E-state index < -0.39 is 12.1 Å². The predicted molar refractivity (Wildman–Crippen MR) is 96.9 cm³/mol. The van der Waals surface area contributed by atoms with Crippen LogP contribution in [0, 0.1) is 0 Å². The molecule has 0 saturated carbocycles. The molecule has 1 unspecified atom stereocenters. The van der Waals surface area contributed by atoms with Gasteiger partial charge in [-0.3, -0.25) is 14.4 Å². The van der Waals surface area contributed by atoms with Crippen LogP contribution < -0.4 is 0 Å². The molecule has 0 radical (unpaired) electrons. The summed E-state index contributed by atoms with van der Waals surface area (Å²) in [6, 6.07) is 10.1. The molecule has 0 N–H and O–H groups in total. The summed E-state index contributed by atoms with van der Waals surface area (Å²) in [6.45, 7) is 1.52.